The summed E-state index contributed by atoms with van der Waals surface area (Å²) in [4.78, 5) is 16.8. The van der Waals surface area contributed by atoms with Gasteiger partial charge in [0.25, 0.3) is 5.91 Å². The van der Waals surface area contributed by atoms with Gasteiger partial charge in [-0.25, -0.2) is 4.98 Å². The Morgan fingerprint density at radius 1 is 1.44 bits per heavy atom. The summed E-state index contributed by atoms with van der Waals surface area (Å²) in [5, 5.41) is 12.7. The van der Waals surface area contributed by atoms with Crippen LogP contribution in [0.2, 0.25) is 0 Å². The van der Waals surface area contributed by atoms with Gasteiger partial charge in [-0.3, -0.25) is 4.79 Å². The van der Waals surface area contributed by atoms with Gasteiger partial charge < -0.3 is 19.6 Å². The van der Waals surface area contributed by atoms with Crippen LogP contribution in [0.3, 0.4) is 0 Å². The monoisotopic (exact) mass is 362 g/mol. The second-order valence-corrected chi connectivity index (χ2v) is 7.04. The van der Waals surface area contributed by atoms with Gasteiger partial charge in [0, 0.05) is 12.3 Å². The minimum absolute atomic E-state index is 0.176. The van der Waals surface area contributed by atoms with E-state index in [1.54, 1.807) is 37.2 Å². The summed E-state index contributed by atoms with van der Waals surface area (Å²) in [6.07, 6.45) is 4.71. The van der Waals surface area contributed by atoms with Gasteiger partial charge in [0.15, 0.2) is 5.76 Å². The van der Waals surface area contributed by atoms with Crippen LogP contribution in [0.1, 0.15) is 40.8 Å². The molecule has 1 atom stereocenters. The van der Waals surface area contributed by atoms with Crippen molar-refractivity contribution in [2.75, 3.05) is 13.4 Å². The van der Waals surface area contributed by atoms with Crippen molar-refractivity contribution in [3.8, 4) is 5.88 Å². The van der Waals surface area contributed by atoms with E-state index in [9.17, 15) is 9.90 Å². The largest absolute Gasteiger partial charge is 0.481 e. The fourth-order valence-electron chi connectivity index (χ4n) is 3.00. The van der Waals surface area contributed by atoms with Gasteiger partial charge in [-0.05, 0) is 42.7 Å². The molecule has 2 heterocycles. The first-order valence-electron chi connectivity index (χ1n) is 8.17. The van der Waals surface area contributed by atoms with Crippen molar-refractivity contribution in [1.82, 2.24) is 10.3 Å². The van der Waals surface area contributed by atoms with Crippen molar-refractivity contribution in [3.05, 3.63) is 47.5 Å². The maximum Gasteiger partial charge on any atom is 0.287 e. The predicted octanol–water partition coefficient (Wildman–Crippen LogP) is 2.79. The number of rotatable bonds is 7. The molecule has 1 fully saturated rings. The molecule has 0 unspecified atom stereocenters. The summed E-state index contributed by atoms with van der Waals surface area (Å²) in [7, 11) is 1.56. The lowest BCUT2D eigenvalue weighted by Gasteiger charge is -2.38. The fourth-order valence-corrected chi connectivity index (χ4v) is 3.44. The van der Waals surface area contributed by atoms with Crippen LogP contribution < -0.4 is 10.1 Å². The molecule has 0 aromatic carbocycles. The Morgan fingerprint density at radius 2 is 2.24 bits per heavy atom. The number of aliphatic hydroxyl groups excluding tert-OH is 1. The zero-order valence-corrected chi connectivity index (χ0v) is 15.1. The Bertz CT molecular complexity index is 710. The number of hydrogen-bond acceptors (Lipinski definition) is 6. The van der Waals surface area contributed by atoms with Crippen molar-refractivity contribution in [3.63, 3.8) is 0 Å². The molecule has 7 heteroatoms. The molecule has 2 aromatic heterocycles. The number of ether oxygens (including phenoxy) is 1. The predicted molar refractivity (Wildman–Crippen MR) is 95.7 cm³/mol. The summed E-state index contributed by atoms with van der Waals surface area (Å²) in [5.74, 6) is 2.25. The van der Waals surface area contributed by atoms with Crippen molar-refractivity contribution in [2.24, 2.45) is 5.92 Å². The first kappa shape index (κ1) is 17.8. The van der Waals surface area contributed by atoms with E-state index in [1.807, 2.05) is 18.4 Å². The molecule has 1 amide bonds. The fraction of sp³-hybridized carbons (Fsp3) is 0.444. The van der Waals surface area contributed by atoms with Gasteiger partial charge in [0.1, 0.15) is 5.76 Å². The standard InChI is InChI=1S/C18H22N2O4S/c1-23-16-6-3-11(9-19-16)17(12-7-13(21)8-12)20-18(22)15-5-4-14(24-15)10-25-2/h3-6,9,12-13,17,21H,7-8,10H2,1-2H3,(H,20,22)/t12?,13?,17-/m0/s1. The number of thioether (sulfide) groups is 1. The number of nitrogens with one attached hydrogen (secondary N) is 1. The van der Waals surface area contributed by atoms with Crippen LogP contribution >= 0.6 is 11.8 Å². The molecule has 0 aliphatic heterocycles. The van der Waals surface area contributed by atoms with Crippen molar-refractivity contribution >= 4 is 17.7 Å². The Balaban J connectivity index is 1.75. The Hall–Kier alpha value is -1.99. The molecule has 1 aliphatic rings. The van der Waals surface area contributed by atoms with E-state index < -0.39 is 0 Å². The molecule has 0 radical (unpaired) electrons. The summed E-state index contributed by atoms with van der Waals surface area (Å²) in [5.41, 5.74) is 0.891. The quantitative estimate of drug-likeness (QED) is 0.788. The Labute approximate surface area is 151 Å². The van der Waals surface area contributed by atoms with Gasteiger partial charge in [0.05, 0.1) is 25.0 Å². The highest BCUT2D eigenvalue weighted by Crippen LogP contribution is 2.38. The lowest BCUT2D eigenvalue weighted by atomic mass is 9.75. The van der Waals surface area contributed by atoms with E-state index in [2.05, 4.69) is 10.3 Å². The number of nitrogens with zero attached hydrogens (tertiary/aromatic N) is 1. The molecule has 134 valence electrons. The molecule has 25 heavy (non-hydrogen) atoms. The van der Waals surface area contributed by atoms with Gasteiger partial charge in [-0.1, -0.05) is 6.07 Å². The molecule has 0 bridgehead atoms. The summed E-state index contributed by atoms with van der Waals surface area (Å²) in [6, 6.07) is 6.96. The second kappa shape index (κ2) is 7.93. The molecule has 0 spiro atoms. The second-order valence-electron chi connectivity index (χ2n) is 6.17. The van der Waals surface area contributed by atoms with Gasteiger partial charge in [-0.15, -0.1) is 0 Å². The smallest absolute Gasteiger partial charge is 0.287 e. The molecule has 3 rings (SSSR count). The van der Waals surface area contributed by atoms with Crippen LogP contribution in [0.4, 0.5) is 0 Å². The van der Waals surface area contributed by atoms with Crippen LogP contribution in [-0.4, -0.2) is 35.5 Å². The molecule has 1 aliphatic carbocycles. The topological polar surface area (TPSA) is 84.6 Å². The highest BCUT2D eigenvalue weighted by Gasteiger charge is 2.36. The van der Waals surface area contributed by atoms with E-state index >= 15 is 0 Å². The number of aliphatic hydroxyl groups is 1. The van der Waals surface area contributed by atoms with Crippen LogP contribution in [0, 0.1) is 5.92 Å². The van der Waals surface area contributed by atoms with E-state index in [1.165, 1.54) is 0 Å². The van der Waals surface area contributed by atoms with Crippen LogP contribution in [-0.2, 0) is 5.75 Å². The maximum absolute atomic E-state index is 12.6. The summed E-state index contributed by atoms with van der Waals surface area (Å²) >= 11 is 1.64. The number of hydrogen-bond donors (Lipinski definition) is 2. The first-order chi connectivity index (χ1) is 12.1. The Kier molecular flexibility index (Phi) is 5.65. The average Bonchev–Trinajstić information content (AvgIpc) is 3.06. The minimum atomic E-state index is -0.299. The first-order valence-corrected chi connectivity index (χ1v) is 9.56. The third-order valence-corrected chi connectivity index (χ3v) is 4.98. The van der Waals surface area contributed by atoms with Gasteiger partial charge in [0.2, 0.25) is 5.88 Å². The number of amides is 1. The average molecular weight is 362 g/mol. The van der Waals surface area contributed by atoms with Crippen molar-refractivity contribution < 1.29 is 19.1 Å². The van der Waals surface area contributed by atoms with Gasteiger partial charge in [-0.2, -0.15) is 11.8 Å². The number of pyridine rings is 1. The molecule has 6 nitrogen and oxygen atoms in total. The Morgan fingerprint density at radius 3 is 2.84 bits per heavy atom. The van der Waals surface area contributed by atoms with Crippen LogP contribution in [0.15, 0.2) is 34.9 Å². The number of carbonyl (C=O) groups excluding carboxylic acids is 1. The molecular formula is C18H22N2O4S. The SMILES string of the molecule is COc1ccc([C@H](NC(=O)c2ccc(CSC)o2)C2CC(O)C2)cn1. The van der Waals surface area contributed by atoms with E-state index in [0.717, 1.165) is 17.1 Å². The van der Waals surface area contributed by atoms with E-state index in [-0.39, 0.29) is 24.0 Å². The molecule has 2 aromatic rings. The third kappa shape index (κ3) is 4.16. The third-order valence-electron chi connectivity index (χ3n) is 4.41. The molecule has 2 N–H and O–H groups in total. The summed E-state index contributed by atoms with van der Waals surface area (Å²) in [6.45, 7) is 0. The minimum Gasteiger partial charge on any atom is -0.481 e. The highest BCUT2D eigenvalue weighted by molar-refractivity contribution is 7.97. The maximum atomic E-state index is 12.6. The van der Waals surface area contributed by atoms with E-state index in [0.29, 0.717) is 24.5 Å². The van der Waals surface area contributed by atoms with Crippen LogP contribution in [0.25, 0.3) is 0 Å². The highest BCUT2D eigenvalue weighted by atomic mass is 32.2. The van der Waals surface area contributed by atoms with E-state index in [4.69, 9.17) is 9.15 Å². The lowest BCUT2D eigenvalue weighted by Crippen LogP contribution is -2.41. The van der Waals surface area contributed by atoms with Gasteiger partial charge >= 0.3 is 0 Å². The summed E-state index contributed by atoms with van der Waals surface area (Å²) < 4.78 is 10.7. The number of carbonyl (C=O) groups is 1. The lowest BCUT2D eigenvalue weighted by molar-refractivity contribution is 0.0231. The molecule has 1 saturated carbocycles. The van der Waals surface area contributed by atoms with Crippen molar-refractivity contribution in [2.45, 2.75) is 30.7 Å². The zero-order valence-electron chi connectivity index (χ0n) is 14.3. The molecular weight excluding hydrogens is 340 g/mol. The number of furan rings is 1. The molecule has 0 saturated heterocycles. The van der Waals surface area contributed by atoms with Crippen LogP contribution in [0.5, 0.6) is 5.88 Å². The normalized spacial score (nSPS) is 20.6. The zero-order chi connectivity index (χ0) is 17.8. The number of aromatic nitrogens is 1. The van der Waals surface area contributed by atoms with Crippen molar-refractivity contribution in [1.29, 1.82) is 0 Å². The number of methoxy groups -OCH3 is 1.